The number of hydrogen-bond donors (Lipinski definition) is 1. The van der Waals surface area contributed by atoms with Crippen LogP contribution in [0.25, 0.3) is 0 Å². The molecule has 0 saturated heterocycles. The normalized spacial score (nSPS) is 11.2. The van der Waals surface area contributed by atoms with Gasteiger partial charge in [0.25, 0.3) is 0 Å². The van der Waals surface area contributed by atoms with E-state index in [9.17, 15) is 8.42 Å². The molecule has 1 heterocycles. The quantitative estimate of drug-likeness (QED) is 0.812. The van der Waals surface area contributed by atoms with E-state index >= 15 is 0 Å². The van der Waals surface area contributed by atoms with Crippen molar-refractivity contribution in [3.63, 3.8) is 0 Å². The summed E-state index contributed by atoms with van der Waals surface area (Å²) < 4.78 is 31.5. The number of rotatable bonds is 6. The molecular weight excluding hydrogens is 264 g/mol. The van der Waals surface area contributed by atoms with Crippen molar-refractivity contribution in [1.29, 1.82) is 0 Å². The van der Waals surface area contributed by atoms with Crippen molar-refractivity contribution >= 4 is 10.0 Å². The van der Waals surface area contributed by atoms with E-state index in [1.807, 2.05) is 30.3 Å². The van der Waals surface area contributed by atoms with Crippen LogP contribution in [0, 0.1) is 0 Å². The van der Waals surface area contributed by atoms with Gasteiger partial charge in [0.15, 0.2) is 0 Å². The van der Waals surface area contributed by atoms with Gasteiger partial charge in [-0.05, 0) is 24.3 Å². The van der Waals surface area contributed by atoms with Crippen LogP contribution in [-0.2, 0) is 10.0 Å². The van der Waals surface area contributed by atoms with Gasteiger partial charge >= 0.3 is 0 Å². The maximum absolute atomic E-state index is 11.8. The Bertz CT molecular complexity index is 600. The Hall–Kier alpha value is -1.92. The first-order valence-corrected chi connectivity index (χ1v) is 7.24. The van der Waals surface area contributed by atoms with Gasteiger partial charge in [0.2, 0.25) is 10.0 Å². The molecule has 1 aromatic carbocycles. The second-order valence-electron chi connectivity index (χ2n) is 3.75. The molecule has 0 aliphatic heterocycles. The van der Waals surface area contributed by atoms with E-state index in [1.165, 1.54) is 18.5 Å². The summed E-state index contributed by atoms with van der Waals surface area (Å²) in [5.74, 6) is 0.711. The first-order valence-electron chi connectivity index (χ1n) is 5.76. The van der Waals surface area contributed by atoms with Crippen LogP contribution in [0.5, 0.6) is 5.75 Å². The zero-order valence-corrected chi connectivity index (χ0v) is 11.0. The molecule has 0 aliphatic rings. The van der Waals surface area contributed by atoms with Crippen molar-refractivity contribution in [2.45, 2.75) is 4.90 Å². The van der Waals surface area contributed by atoms with E-state index in [4.69, 9.17) is 4.74 Å². The minimum absolute atomic E-state index is 0.148. The summed E-state index contributed by atoms with van der Waals surface area (Å²) >= 11 is 0. The lowest BCUT2D eigenvalue weighted by Crippen LogP contribution is -2.28. The number of pyridine rings is 1. The molecule has 2 aromatic rings. The van der Waals surface area contributed by atoms with Crippen LogP contribution in [0.3, 0.4) is 0 Å². The topological polar surface area (TPSA) is 68.3 Å². The molecule has 0 atom stereocenters. The molecule has 6 heteroatoms. The first kappa shape index (κ1) is 13.5. The number of sulfonamides is 1. The minimum Gasteiger partial charge on any atom is -0.492 e. The van der Waals surface area contributed by atoms with Crippen LogP contribution in [0.4, 0.5) is 0 Å². The molecule has 0 bridgehead atoms. The number of nitrogens with one attached hydrogen (secondary N) is 1. The Morgan fingerprint density at radius 1 is 1.11 bits per heavy atom. The van der Waals surface area contributed by atoms with Crippen LogP contribution in [0.2, 0.25) is 0 Å². The summed E-state index contributed by atoms with van der Waals surface area (Å²) in [5.41, 5.74) is 0. The summed E-state index contributed by atoms with van der Waals surface area (Å²) in [6.07, 6.45) is 2.83. The third kappa shape index (κ3) is 4.04. The van der Waals surface area contributed by atoms with Gasteiger partial charge in [0.1, 0.15) is 17.3 Å². The average molecular weight is 278 g/mol. The molecule has 0 saturated carbocycles. The molecule has 100 valence electrons. The summed E-state index contributed by atoms with van der Waals surface area (Å²) in [7, 11) is -3.51. The summed E-state index contributed by atoms with van der Waals surface area (Å²) in [5, 5.41) is 0. The second kappa shape index (κ2) is 6.31. The molecule has 2 rings (SSSR count). The van der Waals surface area contributed by atoms with Crippen molar-refractivity contribution in [2.24, 2.45) is 0 Å². The number of benzene rings is 1. The monoisotopic (exact) mass is 278 g/mol. The predicted octanol–water partition coefficient (Wildman–Crippen LogP) is 1.44. The molecule has 0 aliphatic carbocycles. The number of hydrogen-bond acceptors (Lipinski definition) is 4. The van der Waals surface area contributed by atoms with Crippen LogP contribution < -0.4 is 9.46 Å². The Morgan fingerprint density at radius 2 is 1.89 bits per heavy atom. The smallest absolute Gasteiger partial charge is 0.242 e. The van der Waals surface area contributed by atoms with Crippen molar-refractivity contribution < 1.29 is 13.2 Å². The highest BCUT2D eigenvalue weighted by atomic mass is 32.2. The molecule has 0 spiro atoms. The van der Waals surface area contributed by atoms with Crippen LogP contribution >= 0.6 is 0 Å². The molecule has 1 aromatic heterocycles. The predicted molar refractivity (Wildman–Crippen MR) is 71.4 cm³/mol. The Labute approximate surface area is 112 Å². The van der Waals surface area contributed by atoms with Crippen molar-refractivity contribution in [1.82, 2.24) is 9.71 Å². The van der Waals surface area contributed by atoms with Crippen molar-refractivity contribution in [3.8, 4) is 5.75 Å². The average Bonchev–Trinajstić information content (AvgIpc) is 2.46. The van der Waals surface area contributed by atoms with E-state index in [1.54, 1.807) is 6.07 Å². The zero-order chi connectivity index (χ0) is 13.6. The molecule has 0 fully saturated rings. The fourth-order valence-electron chi connectivity index (χ4n) is 1.45. The highest BCUT2D eigenvalue weighted by Crippen LogP contribution is 2.08. The number of nitrogens with zero attached hydrogens (tertiary/aromatic N) is 1. The van der Waals surface area contributed by atoms with E-state index in [-0.39, 0.29) is 18.0 Å². The van der Waals surface area contributed by atoms with Crippen molar-refractivity contribution in [2.75, 3.05) is 13.2 Å². The Kier molecular flexibility index (Phi) is 4.48. The maximum Gasteiger partial charge on any atom is 0.242 e. The van der Waals surface area contributed by atoms with Gasteiger partial charge in [-0.1, -0.05) is 18.2 Å². The van der Waals surface area contributed by atoms with Gasteiger partial charge in [-0.3, -0.25) is 4.98 Å². The third-order valence-electron chi connectivity index (χ3n) is 2.35. The highest BCUT2D eigenvalue weighted by molar-refractivity contribution is 7.89. The van der Waals surface area contributed by atoms with E-state index in [2.05, 4.69) is 9.71 Å². The molecule has 19 heavy (non-hydrogen) atoms. The molecule has 0 unspecified atom stereocenters. The second-order valence-corrected chi connectivity index (χ2v) is 5.51. The number of ether oxygens (including phenoxy) is 1. The van der Waals surface area contributed by atoms with Crippen LogP contribution in [-0.4, -0.2) is 26.6 Å². The summed E-state index contributed by atoms with van der Waals surface area (Å²) in [6.45, 7) is 0.468. The summed E-state index contributed by atoms with van der Waals surface area (Å²) in [6, 6.07) is 12.3. The largest absolute Gasteiger partial charge is 0.492 e. The lowest BCUT2D eigenvalue weighted by molar-refractivity contribution is 0.323. The highest BCUT2D eigenvalue weighted by Gasteiger charge is 2.12. The maximum atomic E-state index is 11.8. The third-order valence-corrected chi connectivity index (χ3v) is 3.80. The van der Waals surface area contributed by atoms with Crippen LogP contribution in [0.15, 0.2) is 59.8 Å². The van der Waals surface area contributed by atoms with Gasteiger partial charge in [-0.25, -0.2) is 13.1 Å². The first-order chi connectivity index (χ1) is 9.18. The molecule has 1 N–H and O–H groups in total. The molecule has 5 nitrogen and oxygen atoms in total. The molecule has 0 radical (unpaired) electrons. The number of para-hydroxylation sites is 1. The molecular formula is C13H14N2O3S. The SMILES string of the molecule is O=S(=O)(NCCOc1ccccc1)c1cccnc1. The van der Waals surface area contributed by atoms with Gasteiger partial charge in [0, 0.05) is 18.9 Å². The lowest BCUT2D eigenvalue weighted by Gasteiger charge is -2.08. The summed E-state index contributed by atoms with van der Waals surface area (Å²) in [4.78, 5) is 3.92. The fraction of sp³-hybridized carbons (Fsp3) is 0.154. The van der Waals surface area contributed by atoms with E-state index in [0.717, 1.165) is 0 Å². The van der Waals surface area contributed by atoms with Gasteiger partial charge in [0.05, 0.1) is 0 Å². The van der Waals surface area contributed by atoms with Gasteiger partial charge in [-0.15, -0.1) is 0 Å². The van der Waals surface area contributed by atoms with Crippen LogP contribution in [0.1, 0.15) is 0 Å². The fourth-order valence-corrected chi connectivity index (χ4v) is 2.43. The lowest BCUT2D eigenvalue weighted by atomic mass is 10.3. The molecule has 0 amide bonds. The van der Waals surface area contributed by atoms with Gasteiger partial charge < -0.3 is 4.74 Å². The standard InChI is InChI=1S/C13H14N2O3S/c16-19(17,13-7-4-8-14-11-13)15-9-10-18-12-5-2-1-3-6-12/h1-8,11,15H,9-10H2. The van der Waals surface area contributed by atoms with Gasteiger partial charge in [-0.2, -0.15) is 0 Å². The zero-order valence-electron chi connectivity index (χ0n) is 10.2. The van der Waals surface area contributed by atoms with Crippen molar-refractivity contribution in [3.05, 3.63) is 54.9 Å². The Morgan fingerprint density at radius 3 is 2.58 bits per heavy atom. The minimum atomic E-state index is -3.51. The van der Waals surface area contributed by atoms with E-state index in [0.29, 0.717) is 5.75 Å². The Balaban J connectivity index is 1.83. The number of aromatic nitrogens is 1. The van der Waals surface area contributed by atoms with E-state index < -0.39 is 10.0 Å².